The van der Waals surface area contributed by atoms with Crippen LogP contribution >= 0.6 is 11.8 Å². The van der Waals surface area contributed by atoms with Crippen LogP contribution in [0, 0.1) is 0 Å². The summed E-state index contributed by atoms with van der Waals surface area (Å²) < 4.78 is 6.41. The molecule has 3 rings (SSSR count). The Morgan fingerprint density at radius 2 is 2.14 bits per heavy atom. The zero-order valence-corrected chi connectivity index (χ0v) is 11.7. The molecule has 4 atom stereocenters. The maximum absolute atomic E-state index is 11.8. The van der Waals surface area contributed by atoms with Crippen LogP contribution in [-0.2, 0) is 4.74 Å². The summed E-state index contributed by atoms with van der Waals surface area (Å²) in [5.41, 5.74) is -0.318. The summed E-state index contributed by atoms with van der Waals surface area (Å²) in [4.78, 5) is 18.5. The highest BCUT2D eigenvalue weighted by molar-refractivity contribution is 7.98. The zero-order valence-electron chi connectivity index (χ0n) is 10.9. The SMILES string of the molecule is CSc1nc2c(nnn2[C@@H]2OC[C@@H](O)[C@@H](O)[C@@H]2O)c(=O)[nH]1. The van der Waals surface area contributed by atoms with E-state index >= 15 is 0 Å². The van der Waals surface area contributed by atoms with Crippen molar-refractivity contribution in [3.63, 3.8) is 0 Å². The van der Waals surface area contributed by atoms with Crippen LogP contribution in [-0.4, -0.2) is 71.5 Å². The van der Waals surface area contributed by atoms with Crippen molar-refractivity contribution in [3.05, 3.63) is 10.4 Å². The van der Waals surface area contributed by atoms with E-state index in [4.69, 9.17) is 4.74 Å². The average Bonchev–Trinajstić information content (AvgIpc) is 2.89. The summed E-state index contributed by atoms with van der Waals surface area (Å²) in [5.74, 6) is 0. The summed E-state index contributed by atoms with van der Waals surface area (Å²) in [7, 11) is 0. The van der Waals surface area contributed by atoms with E-state index in [-0.39, 0.29) is 17.8 Å². The predicted octanol–water partition coefficient (Wildman–Crippen LogP) is -2.15. The first-order valence-corrected chi connectivity index (χ1v) is 7.30. The minimum atomic E-state index is -1.42. The van der Waals surface area contributed by atoms with Gasteiger partial charge in [0.05, 0.1) is 6.61 Å². The number of H-pyrrole nitrogens is 1. The summed E-state index contributed by atoms with van der Waals surface area (Å²) in [6.07, 6.45) is -3.34. The van der Waals surface area contributed by atoms with Crippen LogP contribution < -0.4 is 5.56 Å². The molecule has 1 saturated heterocycles. The summed E-state index contributed by atoms with van der Waals surface area (Å²) in [6, 6.07) is 0. The Labute approximate surface area is 121 Å². The smallest absolute Gasteiger partial charge is 0.281 e. The van der Waals surface area contributed by atoms with Crippen molar-refractivity contribution in [2.75, 3.05) is 12.9 Å². The van der Waals surface area contributed by atoms with Crippen molar-refractivity contribution in [3.8, 4) is 0 Å². The highest BCUT2D eigenvalue weighted by atomic mass is 32.2. The molecule has 10 nitrogen and oxygen atoms in total. The van der Waals surface area contributed by atoms with Crippen molar-refractivity contribution in [1.29, 1.82) is 0 Å². The lowest BCUT2D eigenvalue weighted by atomic mass is 10.0. The van der Waals surface area contributed by atoms with E-state index in [0.717, 1.165) is 4.68 Å². The Bertz CT molecular complexity index is 717. The van der Waals surface area contributed by atoms with Crippen LogP contribution in [0.1, 0.15) is 6.23 Å². The Morgan fingerprint density at radius 1 is 1.38 bits per heavy atom. The van der Waals surface area contributed by atoms with Gasteiger partial charge in [0.25, 0.3) is 5.56 Å². The Hall–Kier alpha value is -1.53. The van der Waals surface area contributed by atoms with Crippen LogP contribution in [0.2, 0.25) is 0 Å². The number of aromatic amines is 1. The highest BCUT2D eigenvalue weighted by Crippen LogP contribution is 2.25. The van der Waals surface area contributed by atoms with Gasteiger partial charge in [-0.2, -0.15) is 4.68 Å². The van der Waals surface area contributed by atoms with Crippen molar-refractivity contribution >= 4 is 22.9 Å². The third-order valence-corrected chi connectivity index (χ3v) is 3.80. The molecule has 0 aliphatic carbocycles. The number of aromatic nitrogens is 5. The first kappa shape index (κ1) is 14.4. The molecule has 0 bridgehead atoms. The van der Waals surface area contributed by atoms with E-state index in [1.165, 1.54) is 11.8 Å². The zero-order chi connectivity index (χ0) is 15.1. The minimum absolute atomic E-state index is 0.00390. The van der Waals surface area contributed by atoms with Crippen LogP contribution in [0.25, 0.3) is 11.2 Å². The van der Waals surface area contributed by atoms with Gasteiger partial charge in [-0.25, -0.2) is 4.98 Å². The quantitative estimate of drug-likeness (QED) is 0.359. The molecule has 0 radical (unpaired) electrons. The number of ether oxygens (including phenoxy) is 1. The normalized spacial score (nSPS) is 29.9. The highest BCUT2D eigenvalue weighted by Gasteiger charge is 2.40. The summed E-state index contributed by atoms with van der Waals surface area (Å²) in [6.45, 7) is -0.178. The Kier molecular flexibility index (Phi) is 3.67. The van der Waals surface area contributed by atoms with E-state index in [0.29, 0.717) is 5.16 Å². The Balaban J connectivity index is 2.08. The van der Waals surface area contributed by atoms with Gasteiger partial charge in [0.2, 0.25) is 0 Å². The molecule has 1 aliphatic heterocycles. The topological polar surface area (TPSA) is 146 Å². The fourth-order valence-corrected chi connectivity index (χ4v) is 2.47. The number of thioether (sulfide) groups is 1. The number of fused-ring (bicyclic) bond motifs is 1. The van der Waals surface area contributed by atoms with Crippen molar-refractivity contribution in [2.45, 2.75) is 29.7 Å². The molecule has 21 heavy (non-hydrogen) atoms. The second-order valence-corrected chi connectivity index (χ2v) is 5.35. The molecule has 2 aromatic rings. The number of aliphatic hydroxyl groups is 3. The lowest BCUT2D eigenvalue weighted by Gasteiger charge is -2.34. The molecule has 4 N–H and O–H groups in total. The van der Waals surface area contributed by atoms with Gasteiger partial charge in [0.15, 0.2) is 22.5 Å². The maximum atomic E-state index is 11.8. The minimum Gasteiger partial charge on any atom is -0.388 e. The van der Waals surface area contributed by atoms with Crippen LogP contribution in [0.5, 0.6) is 0 Å². The molecule has 1 fully saturated rings. The van der Waals surface area contributed by atoms with E-state index in [9.17, 15) is 20.1 Å². The van der Waals surface area contributed by atoms with Crippen molar-refractivity contribution in [1.82, 2.24) is 25.0 Å². The first-order valence-electron chi connectivity index (χ1n) is 6.08. The second kappa shape index (κ2) is 5.35. The molecule has 0 unspecified atom stereocenters. The maximum Gasteiger partial charge on any atom is 0.281 e. The van der Waals surface area contributed by atoms with Gasteiger partial charge in [0, 0.05) is 0 Å². The van der Waals surface area contributed by atoms with Crippen molar-refractivity contribution in [2.24, 2.45) is 0 Å². The van der Waals surface area contributed by atoms with E-state index in [2.05, 4.69) is 20.3 Å². The van der Waals surface area contributed by atoms with E-state index < -0.39 is 30.1 Å². The fraction of sp³-hybridized carbons (Fsp3) is 0.600. The number of hydrogen-bond acceptors (Lipinski definition) is 9. The molecule has 0 amide bonds. The van der Waals surface area contributed by atoms with Gasteiger partial charge in [-0.1, -0.05) is 17.0 Å². The molecule has 0 saturated carbocycles. The van der Waals surface area contributed by atoms with Gasteiger partial charge < -0.3 is 20.1 Å². The van der Waals surface area contributed by atoms with Gasteiger partial charge in [-0.15, -0.1) is 5.10 Å². The third kappa shape index (κ3) is 2.32. The molecular weight excluding hydrogens is 302 g/mol. The van der Waals surface area contributed by atoms with Crippen LogP contribution in [0.15, 0.2) is 9.95 Å². The molecule has 11 heteroatoms. The van der Waals surface area contributed by atoms with Gasteiger partial charge in [0.1, 0.15) is 18.3 Å². The summed E-state index contributed by atoms with van der Waals surface area (Å²) in [5, 5.41) is 37.0. The molecular formula is C10H13N5O5S. The standard InChI is InChI=1S/C10H13N5O5S/c1-21-10-11-7-4(8(19)12-10)13-14-15(7)9-6(18)5(17)3(16)2-20-9/h3,5-6,9,16-18H,2H2,1H3,(H,11,12,19)/t3-,5-,6+,9-/m1/s1. The van der Waals surface area contributed by atoms with Crippen molar-refractivity contribution < 1.29 is 20.1 Å². The molecule has 3 heterocycles. The molecule has 0 aromatic carbocycles. The largest absolute Gasteiger partial charge is 0.388 e. The number of nitrogens with zero attached hydrogens (tertiary/aromatic N) is 4. The van der Waals surface area contributed by atoms with E-state index in [1.54, 1.807) is 6.26 Å². The average molecular weight is 315 g/mol. The predicted molar refractivity (Wildman–Crippen MR) is 70.7 cm³/mol. The van der Waals surface area contributed by atoms with Gasteiger partial charge in [-0.05, 0) is 6.26 Å². The van der Waals surface area contributed by atoms with Gasteiger partial charge in [-0.3, -0.25) is 9.78 Å². The second-order valence-electron chi connectivity index (χ2n) is 4.55. The number of aliphatic hydroxyl groups excluding tert-OH is 3. The lowest BCUT2D eigenvalue weighted by Crippen LogP contribution is -2.50. The molecule has 0 spiro atoms. The fourth-order valence-electron chi connectivity index (χ4n) is 2.09. The lowest BCUT2D eigenvalue weighted by molar-refractivity contribution is -0.213. The monoisotopic (exact) mass is 315 g/mol. The number of hydrogen-bond donors (Lipinski definition) is 4. The van der Waals surface area contributed by atoms with E-state index in [1.807, 2.05) is 0 Å². The van der Waals surface area contributed by atoms with Gasteiger partial charge >= 0.3 is 0 Å². The van der Waals surface area contributed by atoms with Crippen LogP contribution in [0.4, 0.5) is 0 Å². The molecule has 1 aliphatic rings. The van der Waals surface area contributed by atoms with Crippen LogP contribution in [0.3, 0.4) is 0 Å². The number of rotatable bonds is 2. The molecule has 2 aromatic heterocycles. The third-order valence-electron chi connectivity index (χ3n) is 3.22. The summed E-state index contributed by atoms with van der Waals surface area (Å²) >= 11 is 1.23. The number of nitrogens with one attached hydrogen (secondary N) is 1. The molecule has 114 valence electrons. The Morgan fingerprint density at radius 3 is 2.86 bits per heavy atom. The first-order chi connectivity index (χ1) is 10.0.